The molecule has 0 bridgehead atoms. The molecule has 2 aromatic carbocycles. The van der Waals surface area contributed by atoms with E-state index in [0.29, 0.717) is 22.3 Å². The van der Waals surface area contributed by atoms with Crippen molar-refractivity contribution in [1.29, 1.82) is 5.26 Å². The molecule has 0 heterocycles. The first-order valence-corrected chi connectivity index (χ1v) is 7.36. The zero-order chi connectivity index (χ0) is 14.7. The van der Waals surface area contributed by atoms with E-state index in [2.05, 4.69) is 35.8 Å². The Morgan fingerprint density at radius 3 is 2.60 bits per heavy atom. The normalized spacial score (nSPS) is 10.4. The molecule has 2 nitrogen and oxygen atoms in total. The summed E-state index contributed by atoms with van der Waals surface area (Å²) in [6, 6.07) is 13.1. The number of rotatable bonds is 3. The molecular weight excluding hydrogens is 338 g/mol. The fourth-order valence-electron chi connectivity index (χ4n) is 1.88. The van der Waals surface area contributed by atoms with Crippen molar-refractivity contribution in [1.82, 2.24) is 0 Å². The minimum absolute atomic E-state index is 0.312. The third-order valence-corrected chi connectivity index (χ3v) is 3.71. The maximum atomic E-state index is 9.18. The van der Waals surface area contributed by atoms with Crippen molar-refractivity contribution < 1.29 is 4.74 Å². The molecule has 20 heavy (non-hydrogen) atoms. The van der Waals surface area contributed by atoms with Crippen LogP contribution in [0.5, 0.6) is 11.5 Å². The molecule has 0 N–H and O–H groups in total. The van der Waals surface area contributed by atoms with E-state index in [-0.39, 0.29) is 0 Å². The smallest absolute Gasteiger partial charge is 0.146 e. The van der Waals surface area contributed by atoms with Crippen LogP contribution >= 0.6 is 27.5 Å². The van der Waals surface area contributed by atoms with Gasteiger partial charge >= 0.3 is 0 Å². The van der Waals surface area contributed by atoms with Crippen LogP contribution in [0.25, 0.3) is 0 Å². The Morgan fingerprint density at radius 1 is 1.20 bits per heavy atom. The Balaban J connectivity index is 2.46. The molecule has 4 heteroatoms. The predicted octanol–water partition coefficient (Wildman–Crippen LogP) is 5.89. The number of nitrogens with zero attached hydrogens (tertiary/aromatic N) is 1. The highest BCUT2D eigenvalue weighted by atomic mass is 79.9. The van der Waals surface area contributed by atoms with Gasteiger partial charge in [-0.1, -0.05) is 47.4 Å². The zero-order valence-corrected chi connectivity index (χ0v) is 13.5. The molecule has 0 saturated heterocycles. The average molecular weight is 351 g/mol. The Labute approximate surface area is 132 Å². The summed E-state index contributed by atoms with van der Waals surface area (Å²) in [5.41, 5.74) is 1.43. The molecule has 102 valence electrons. The van der Waals surface area contributed by atoms with E-state index < -0.39 is 0 Å². The van der Waals surface area contributed by atoms with Gasteiger partial charge in [-0.25, -0.2) is 0 Å². The Bertz CT molecular complexity index is 677. The first-order chi connectivity index (χ1) is 9.52. The number of hydrogen-bond donors (Lipinski definition) is 0. The highest BCUT2D eigenvalue weighted by molar-refractivity contribution is 9.10. The van der Waals surface area contributed by atoms with Gasteiger partial charge < -0.3 is 4.74 Å². The van der Waals surface area contributed by atoms with Crippen LogP contribution < -0.4 is 4.74 Å². The van der Waals surface area contributed by atoms with E-state index in [0.717, 1.165) is 15.8 Å². The van der Waals surface area contributed by atoms with Gasteiger partial charge in [0.15, 0.2) is 0 Å². The number of hydrogen-bond acceptors (Lipinski definition) is 2. The van der Waals surface area contributed by atoms with Gasteiger partial charge in [0, 0.05) is 4.47 Å². The molecule has 0 saturated carbocycles. The summed E-state index contributed by atoms with van der Waals surface area (Å²) in [7, 11) is 0. The molecule has 0 spiro atoms. The molecule has 0 atom stereocenters. The first kappa shape index (κ1) is 14.9. The van der Waals surface area contributed by atoms with Crippen molar-refractivity contribution in [3.8, 4) is 17.6 Å². The van der Waals surface area contributed by atoms with E-state index in [4.69, 9.17) is 16.3 Å². The monoisotopic (exact) mass is 349 g/mol. The molecule has 0 fully saturated rings. The van der Waals surface area contributed by atoms with Gasteiger partial charge in [-0.15, -0.1) is 0 Å². The number of nitriles is 1. The molecule has 0 unspecified atom stereocenters. The van der Waals surface area contributed by atoms with Gasteiger partial charge in [-0.2, -0.15) is 5.26 Å². The molecule has 0 aliphatic heterocycles. The van der Waals surface area contributed by atoms with Gasteiger partial charge in [0.25, 0.3) is 0 Å². The van der Waals surface area contributed by atoms with Crippen LogP contribution in [0.15, 0.2) is 40.9 Å². The summed E-state index contributed by atoms with van der Waals surface area (Å²) in [4.78, 5) is 0. The van der Waals surface area contributed by atoms with Crippen molar-refractivity contribution in [3.63, 3.8) is 0 Å². The molecule has 0 aliphatic rings. The van der Waals surface area contributed by atoms with Crippen molar-refractivity contribution in [3.05, 3.63) is 57.0 Å². The second kappa shape index (κ2) is 6.30. The standard InChI is InChI=1S/C16H13BrClNO/c1-10(2)12-8-11(17)6-7-16(12)20-15-5-3-4-14(18)13(15)9-19/h3-8,10H,1-2H3. The summed E-state index contributed by atoms with van der Waals surface area (Å²) in [5.74, 6) is 1.53. The van der Waals surface area contributed by atoms with Crippen LogP contribution in [0, 0.1) is 11.3 Å². The molecule has 2 aromatic rings. The average Bonchev–Trinajstić information content (AvgIpc) is 2.41. The SMILES string of the molecule is CC(C)c1cc(Br)ccc1Oc1cccc(Cl)c1C#N. The van der Waals surface area contributed by atoms with E-state index in [1.54, 1.807) is 18.2 Å². The lowest BCUT2D eigenvalue weighted by Gasteiger charge is -2.15. The Hall–Kier alpha value is -1.50. The first-order valence-electron chi connectivity index (χ1n) is 6.19. The lowest BCUT2D eigenvalue weighted by atomic mass is 10.0. The topological polar surface area (TPSA) is 33.0 Å². The van der Waals surface area contributed by atoms with Crippen molar-refractivity contribution in [2.75, 3.05) is 0 Å². The molecule has 0 aliphatic carbocycles. The fraction of sp³-hybridized carbons (Fsp3) is 0.188. The quantitative estimate of drug-likeness (QED) is 0.691. The zero-order valence-electron chi connectivity index (χ0n) is 11.2. The van der Waals surface area contributed by atoms with Gasteiger partial charge in [0.05, 0.1) is 5.02 Å². The third kappa shape index (κ3) is 3.15. The minimum atomic E-state index is 0.312. The van der Waals surface area contributed by atoms with Crippen LogP contribution in [0.1, 0.15) is 30.9 Å². The number of ether oxygens (including phenoxy) is 1. The van der Waals surface area contributed by atoms with Gasteiger partial charge in [0.2, 0.25) is 0 Å². The maximum absolute atomic E-state index is 9.18. The summed E-state index contributed by atoms with van der Waals surface area (Å²) < 4.78 is 6.90. The second-order valence-corrected chi connectivity index (χ2v) is 5.99. The summed E-state index contributed by atoms with van der Waals surface area (Å²) in [6.45, 7) is 4.19. The molecule has 0 radical (unpaired) electrons. The van der Waals surface area contributed by atoms with Crippen LogP contribution in [0.4, 0.5) is 0 Å². The van der Waals surface area contributed by atoms with Crippen LogP contribution in [0.2, 0.25) is 5.02 Å². The third-order valence-electron chi connectivity index (χ3n) is 2.90. The lowest BCUT2D eigenvalue weighted by molar-refractivity contribution is 0.471. The Kier molecular flexibility index (Phi) is 4.69. The minimum Gasteiger partial charge on any atom is -0.456 e. The molecule has 2 rings (SSSR count). The summed E-state index contributed by atoms with van der Waals surface area (Å²) >= 11 is 9.47. The van der Waals surface area contributed by atoms with Crippen LogP contribution in [-0.4, -0.2) is 0 Å². The van der Waals surface area contributed by atoms with E-state index >= 15 is 0 Å². The van der Waals surface area contributed by atoms with Crippen molar-refractivity contribution >= 4 is 27.5 Å². The number of halogens is 2. The van der Waals surface area contributed by atoms with Crippen LogP contribution in [-0.2, 0) is 0 Å². The fourth-order valence-corrected chi connectivity index (χ4v) is 2.47. The highest BCUT2D eigenvalue weighted by Crippen LogP contribution is 2.35. The van der Waals surface area contributed by atoms with Gasteiger partial charge in [-0.3, -0.25) is 0 Å². The summed E-state index contributed by atoms with van der Waals surface area (Å²) in [5, 5.41) is 9.57. The largest absolute Gasteiger partial charge is 0.456 e. The summed E-state index contributed by atoms with van der Waals surface area (Å²) in [6.07, 6.45) is 0. The van der Waals surface area contributed by atoms with Crippen molar-refractivity contribution in [2.45, 2.75) is 19.8 Å². The molecular formula is C16H13BrClNO. The predicted molar refractivity (Wildman–Crippen MR) is 84.5 cm³/mol. The van der Waals surface area contributed by atoms with Crippen LogP contribution in [0.3, 0.4) is 0 Å². The molecule has 0 aromatic heterocycles. The Morgan fingerprint density at radius 2 is 1.95 bits per heavy atom. The van der Waals surface area contributed by atoms with E-state index in [1.807, 2.05) is 18.2 Å². The number of benzene rings is 2. The lowest BCUT2D eigenvalue weighted by Crippen LogP contribution is -1.96. The van der Waals surface area contributed by atoms with Gasteiger partial charge in [0.1, 0.15) is 23.1 Å². The van der Waals surface area contributed by atoms with Gasteiger partial charge in [-0.05, 0) is 41.8 Å². The van der Waals surface area contributed by atoms with E-state index in [9.17, 15) is 5.26 Å². The maximum Gasteiger partial charge on any atom is 0.146 e. The highest BCUT2D eigenvalue weighted by Gasteiger charge is 2.13. The van der Waals surface area contributed by atoms with Crippen molar-refractivity contribution in [2.24, 2.45) is 0 Å². The second-order valence-electron chi connectivity index (χ2n) is 4.66. The van der Waals surface area contributed by atoms with E-state index in [1.165, 1.54) is 0 Å². The molecule has 0 amide bonds.